The first kappa shape index (κ1) is 33.8. The first-order valence-electron chi connectivity index (χ1n) is 15.4. The Morgan fingerprint density at radius 3 is 1.85 bits per heavy atom. The fourth-order valence-corrected chi connectivity index (χ4v) is 6.00. The molecule has 7 nitrogen and oxygen atoms in total. The molecule has 0 aliphatic carbocycles. The van der Waals surface area contributed by atoms with E-state index in [1.807, 2.05) is 13.8 Å². The van der Waals surface area contributed by atoms with Crippen molar-refractivity contribution in [3.63, 3.8) is 0 Å². The summed E-state index contributed by atoms with van der Waals surface area (Å²) < 4.78 is 24.3. The zero-order valence-corrected chi connectivity index (χ0v) is 26.9. The third-order valence-corrected chi connectivity index (χ3v) is 12.7. The maximum Gasteiger partial charge on any atom is 0.373 e. The van der Waals surface area contributed by atoms with Gasteiger partial charge in [0.25, 0.3) is 8.32 Å². The number of esters is 1. The van der Waals surface area contributed by atoms with Crippen molar-refractivity contribution in [3.8, 4) is 0 Å². The van der Waals surface area contributed by atoms with Crippen molar-refractivity contribution in [3.05, 3.63) is 11.3 Å². The molecule has 1 N–H and O–H groups in total. The largest absolute Gasteiger partial charge is 0.539 e. The molecule has 8 heteroatoms. The van der Waals surface area contributed by atoms with Crippen molar-refractivity contribution >= 4 is 20.3 Å². The zero-order chi connectivity index (χ0) is 29.1. The number of unbranched alkanes of at least 4 members (excludes halogenated alkanes) is 12. The molecule has 0 aromatic rings. The SMILES string of the molecule is CC1(C)OC[C@@H]([C@@H]2OC(=O)C(O[Si](C)(C)C(C)(C)C)=C2CCCCCCCCCCCCCCCC(=O)O)O1. The topological polar surface area (TPSA) is 91.3 Å². The number of carbonyl (C=O) groups is 2. The van der Waals surface area contributed by atoms with Crippen LogP contribution in [0.25, 0.3) is 0 Å². The summed E-state index contributed by atoms with van der Waals surface area (Å²) in [5, 5.41) is 8.66. The van der Waals surface area contributed by atoms with E-state index in [2.05, 4.69) is 33.9 Å². The first-order chi connectivity index (χ1) is 18.2. The molecule has 0 aromatic carbocycles. The molecular formula is C31H56O7Si. The molecule has 2 aliphatic heterocycles. The summed E-state index contributed by atoms with van der Waals surface area (Å²) in [7, 11) is -2.20. The molecule has 0 radical (unpaired) electrons. The van der Waals surface area contributed by atoms with E-state index in [1.165, 1.54) is 51.4 Å². The smallest absolute Gasteiger partial charge is 0.373 e. The average Bonchev–Trinajstić information content (AvgIpc) is 3.34. The predicted molar refractivity (Wildman–Crippen MR) is 157 cm³/mol. The molecule has 226 valence electrons. The predicted octanol–water partition coefficient (Wildman–Crippen LogP) is 8.28. The van der Waals surface area contributed by atoms with Crippen LogP contribution in [-0.2, 0) is 28.2 Å². The lowest BCUT2D eigenvalue weighted by atomic mass is 9.98. The van der Waals surface area contributed by atoms with E-state index < -0.39 is 26.2 Å². The Bertz CT molecular complexity index is 812. The van der Waals surface area contributed by atoms with Crippen molar-refractivity contribution in [1.29, 1.82) is 0 Å². The summed E-state index contributed by atoms with van der Waals surface area (Å²) in [6.45, 7) is 15.1. The Hall–Kier alpha value is -1.38. The van der Waals surface area contributed by atoms with Gasteiger partial charge >= 0.3 is 11.9 Å². The number of hydrogen-bond acceptors (Lipinski definition) is 6. The number of hydrogen-bond donors (Lipinski definition) is 1. The van der Waals surface area contributed by atoms with Gasteiger partial charge in [-0.2, -0.15) is 0 Å². The van der Waals surface area contributed by atoms with E-state index in [0.717, 1.165) is 44.1 Å². The Kier molecular flexibility index (Phi) is 13.5. The lowest BCUT2D eigenvalue weighted by Crippen LogP contribution is -2.41. The van der Waals surface area contributed by atoms with Gasteiger partial charge in [0.2, 0.25) is 0 Å². The number of rotatable bonds is 19. The first-order valence-corrected chi connectivity index (χ1v) is 18.3. The molecule has 2 rings (SSSR count). The Morgan fingerprint density at radius 2 is 1.41 bits per heavy atom. The van der Waals surface area contributed by atoms with E-state index in [0.29, 0.717) is 18.8 Å². The summed E-state index contributed by atoms with van der Waals surface area (Å²) in [6.07, 6.45) is 15.5. The molecule has 2 aliphatic rings. The van der Waals surface area contributed by atoms with Crippen molar-refractivity contribution in [2.24, 2.45) is 0 Å². The van der Waals surface area contributed by atoms with Crippen LogP contribution in [-0.4, -0.2) is 50.0 Å². The molecule has 0 saturated carbocycles. The minimum atomic E-state index is -2.20. The number of ether oxygens (including phenoxy) is 3. The summed E-state index contributed by atoms with van der Waals surface area (Å²) in [6, 6.07) is 0. The van der Waals surface area contributed by atoms with Crippen molar-refractivity contribution in [2.45, 2.75) is 167 Å². The van der Waals surface area contributed by atoms with Crippen LogP contribution >= 0.6 is 0 Å². The van der Waals surface area contributed by atoms with Gasteiger partial charge in [-0.05, 0) is 51.2 Å². The minimum Gasteiger partial charge on any atom is -0.539 e. The molecule has 2 atom stereocenters. The van der Waals surface area contributed by atoms with Crippen LogP contribution < -0.4 is 0 Å². The number of carboxylic acid groups (broad SMARTS) is 1. The van der Waals surface area contributed by atoms with Gasteiger partial charge in [-0.3, -0.25) is 4.79 Å². The summed E-state index contributed by atoms with van der Waals surface area (Å²) in [4.78, 5) is 23.5. The van der Waals surface area contributed by atoms with Crippen LogP contribution in [0.15, 0.2) is 11.3 Å². The number of aliphatic carboxylic acids is 1. The lowest BCUT2D eigenvalue weighted by Gasteiger charge is -2.36. The van der Waals surface area contributed by atoms with Gasteiger partial charge in [-0.1, -0.05) is 91.4 Å². The summed E-state index contributed by atoms with van der Waals surface area (Å²) >= 11 is 0. The van der Waals surface area contributed by atoms with Crippen molar-refractivity contribution < 1.29 is 33.3 Å². The highest BCUT2D eigenvalue weighted by atomic mass is 28.4. The van der Waals surface area contributed by atoms with Gasteiger partial charge in [-0.25, -0.2) is 4.79 Å². The van der Waals surface area contributed by atoms with Gasteiger partial charge in [0, 0.05) is 12.0 Å². The van der Waals surface area contributed by atoms with Crippen molar-refractivity contribution in [1.82, 2.24) is 0 Å². The number of carbonyl (C=O) groups excluding carboxylic acids is 1. The second-order valence-electron chi connectivity index (χ2n) is 13.4. The highest BCUT2D eigenvalue weighted by Crippen LogP contribution is 2.42. The third-order valence-electron chi connectivity index (χ3n) is 8.42. The highest BCUT2D eigenvalue weighted by Gasteiger charge is 2.49. The van der Waals surface area contributed by atoms with E-state index >= 15 is 0 Å². The lowest BCUT2D eigenvalue weighted by molar-refractivity contribution is -0.161. The third kappa shape index (κ3) is 11.6. The van der Waals surface area contributed by atoms with Gasteiger partial charge < -0.3 is 23.7 Å². The van der Waals surface area contributed by atoms with Gasteiger partial charge in [0.15, 0.2) is 17.7 Å². The fraction of sp³-hybridized carbons (Fsp3) is 0.871. The monoisotopic (exact) mass is 568 g/mol. The van der Waals surface area contributed by atoms with Crippen LogP contribution in [0.2, 0.25) is 18.1 Å². The van der Waals surface area contributed by atoms with Gasteiger partial charge in [0.1, 0.15) is 6.10 Å². The summed E-state index contributed by atoms with van der Waals surface area (Å²) in [5.41, 5.74) is 0.957. The average molecular weight is 569 g/mol. The molecule has 1 fully saturated rings. The molecule has 0 spiro atoms. The molecule has 2 heterocycles. The van der Waals surface area contributed by atoms with E-state index in [4.69, 9.17) is 23.7 Å². The minimum absolute atomic E-state index is 0.0135. The normalized spacial score (nSPS) is 21.5. The van der Waals surface area contributed by atoms with E-state index in [1.54, 1.807) is 0 Å². The Morgan fingerprint density at radius 1 is 0.923 bits per heavy atom. The Labute approximate surface area is 238 Å². The maximum atomic E-state index is 13.0. The number of cyclic esters (lactones) is 1. The maximum absolute atomic E-state index is 13.0. The number of carboxylic acids is 1. The zero-order valence-electron chi connectivity index (χ0n) is 25.9. The summed E-state index contributed by atoms with van der Waals surface area (Å²) in [5.74, 6) is -1.28. The molecule has 0 unspecified atom stereocenters. The quantitative estimate of drug-likeness (QED) is 0.0952. The highest BCUT2D eigenvalue weighted by molar-refractivity contribution is 6.74. The Balaban J connectivity index is 1.74. The van der Waals surface area contributed by atoms with Gasteiger partial charge in [-0.15, -0.1) is 0 Å². The van der Waals surface area contributed by atoms with Crippen molar-refractivity contribution in [2.75, 3.05) is 6.61 Å². The molecular weight excluding hydrogens is 512 g/mol. The molecule has 0 bridgehead atoms. The van der Waals surface area contributed by atoms with E-state index in [9.17, 15) is 9.59 Å². The molecule has 0 amide bonds. The molecule has 39 heavy (non-hydrogen) atoms. The molecule has 1 saturated heterocycles. The second kappa shape index (κ2) is 15.6. The van der Waals surface area contributed by atoms with Crippen LogP contribution in [0.3, 0.4) is 0 Å². The van der Waals surface area contributed by atoms with E-state index in [-0.39, 0.29) is 17.1 Å². The molecule has 0 aromatic heterocycles. The second-order valence-corrected chi connectivity index (χ2v) is 18.1. The van der Waals surface area contributed by atoms with Crippen LogP contribution in [0.1, 0.15) is 131 Å². The van der Waals surface area contributed by atoms with Crippen LogP contribution in [0, 0.1) is 0 Å². The van der Waals surface area contributed by atoms with Crippen LogP contribution in [0.5, 0.6) is 0 Å². The van der Waals surface area contributed by atoms with Gasteiger partial charge in [0.05, 0.1) is 6.61 Å². The fourth-order valence-electron chi connectivity index (χ4n) is 4.97. The van der Waals surface area contributed by atoms with Crippen LogP contribution in [0.4, 0.5) is 0 Å². The standard InChI is InChI=1S/C31H56O7Si/c1-30(2,3)39(6,7)38-28-24(27(36-29(28)34)25-23-35-31(4,5)37-25)21-19-17-15-13-11-9-8-10-12-14-16-18-20-22-26(32)33/h25,27H,8-23H2,1-7H3,(H,32,33)/t25-,27+/m0/s1.